The first-order valence-electron chi connectivity index (χ1n) is 4.42. The average molecular weight is 165 g/mol. The van der Waals surface area contributed by atoms with E-state index in [1.54, 1.807) is 0 Å². The zero-order chi connectivity index (χ0) is 8.39. The Labute approximate surface area is 72.8 Å². The lowest BCUT2D eigenvalue weighted by Crippen LogP contribution is -2.42. The summed E-state index contributed by atoms with van der Waals surface area (Å²) in [5.74, 6) is 0. The van der Waals surface area contributed by atoms with E-state index in [4.69, 9.17) is 0 Å². The highest BCUT2D eigenvalue weighted by molar-refractivity contribution is 5.16. The number of rotatable bonds is 1. The van der Waals surface area contributed by atoms with Crippen LogP contribution in [-0.2, 0) is 7.05 Å². The molecule has 66 valence electrons. The van der Waals surface area contributed by atoms with Crippen LogP contribution >= 0.6 is 0 Å². The SMILES string of the molecule is Cn1ccc(C2CNCCN2)c1. The summed E-state index contributed by atoms with van der Waals surface area (Å²) in [6.45, 7) is 3.20. The van der Waals surface area contributed by atoms with Gasteiger partial charge >= 0.3 is 0 Å². The summed E-state index contributed by atoms with van der Waals surface area (Å²) < 4.78 is 2.09. The van der Waals surface area contributed by atoms with Crippen LogP contribution in [0, 0.1) is 0 Å². The van der Waals surface area contributed by atoms with Gasteiger partial charge in [0, 0.05) is 45.1 Å². The van der Waals surface area contributed by atoms with E-state index in [0.29, 0.717) is 6.04 Å². The maximum absolute atomic E-state index is 3.47. The minimum atomic E-state index is 0.500. The standard InChI is InChI=1S/C9H15N3/c1-12-5-2-8(7-12)9-6-10-3-4-11-9/h2,5,7,9-11H,3-4,6H2,1H3. The highest BCUT2D eigenvalue weighted by atomic mass is 15.1. The highest BCUT2D eigenvalue weighted by Gasteiger charge is 2.13. The number of piperazine rings is 1. The molecular weight excluding hydrogens is 150 g/mol. The second kappa shape index (κ2) is 3.29. The summed E-state index contributed by atoms with van der Waals surface area (Å²) in [5.41, 5.74) is 1.38. The number of nitrogens with one attached hydrogen (secondary N) is 2. The average Bonchev–Trinajstić information content (AvgIpc) is 2.54. The van der Waals surface area contributed by atoms with Crippen LogP contribution in [0.5, 0.6) is 0 Å². The van der Waals surface area contributed by atoms with Gasteiger partial charge in [0.2, 0.25) is 0 Å². The first kappa shape index (κ1) is 7.83. The van der Waals surface area contributed by atoms with Crippen molar-refractivity contribution in [3.8, 4) is 0 Å². The molecule has 1 aromatic heterocycles. The first-order chi connectivity index (χ1) is 5.86. The number of aromatic nitrogens is 1. The quantitative estimate of drug-likeness (QED) is 0.625. The van der Waals surface area contributed by atoms with E-state index in [1.807, 2.05) is 0 Å². The lowest BCUT2D eigenvalue weighted by molar-refractivity contribution is 0.430. The maximum atomic E-state index is 3.47. The van der Waals surface area contributed by atoms with Gasteiger partial charge in [0.05, 0.1) is 0 Å². The fourth-order valence-corrected chi connectivity index (χ4v) is 1.62. The van der Waals surface area contributed by atoms with Crippen molar-refractivity contribution >= 4 is 0 Å². The minimum absolute atomic E-state index is 0.500. The van der Waals surface area contributed by atoms with Crippen LogP contribution in [0.1, 0.15) is 11.6 Å². The molecule has 0 aliphatic carbocycles. The zero-order valence-corrected chi connectivity index (χ0v) is 7.38. The van der Waals surface area contributed by atoms with E-state index in [0.717, 1.165) is 19.6 Å². The van der Waals surface area contributed by atoms with Crippen LogP contribution in [0.4, 0.5) is 0 Å². The van der Waals surface area contributed by atoms with Crippen molar-refractivity contribution in [1.29, 1.82) is 0 Å². The van der Waals surface area contributed by atoms with Crippen molar-refractivity contribution in [3.05, 3.63) is 24.0 Å². The molecule has 3 nitrogen and oxygen atoms in total. The normalized spacial score (nSPS) is 24.2. The molecule has 0 spiro atoms. The molecule has 0 radical (unpaired) electrons. The Balaban J connectivity index is 2.08. The van der Waals surface area contributed by atoms with Gasteiger partial charge in [-0.3, -0.25) is 0 Å². The zero-order valence-electron chi connectivity index (χ0n) is 7.38. The molecule has 1 unspecified atom stereocenters. The highest BCUT2D eigenvalue weighted by Crippen LogP contribution is 2.12. The van der Waals surface area contributed by atoms with E-state index in [9.17, 15) is 0 Å². The third kappa shape index (κ3) is 1.52. The van der Waals surface area contributed by atoms with E-state index in [-0.39, 0.29) is 0 Å². The Bertz CT molecular complexity index is 248. The van der Waals surface area contributed by atoms with Crippen molar-refractivity contribution in [2.24, 2.45) is 7.05 Å². The molecule has 1 aliphatic rings. The summed E-state index contributed by atoms with van der Waals surface area (Å²) >= 11 is 0. The van der Waals surface area contributed by atoms with Gasteiger partial charge in [-0.1, -0.05) is 0 Å². The van der Waals surface area contributed by atoms with Gasteiger partial charge in [0.1, 0.15) is 0 Å². The first-order valence-corrected chi connectivity index (χ1v) is 4.42. The summed E-state index contributed by atoms with van der Waals surface area (Å²) in [6.07, 6.45) is 4.26. The van der Waals surface area contributed by atoms with Crippen molar-refractivity contribution in [3.63, 3.8) is 0 Å². The number of hydrogen-bond donors (Lipinski definition) is 2. The fourth-order valence-electron chi connectivity index (χ4n) is 1.62. The molecule has 0 bridgehead atoms. The largest absolute Gasteiger partial charge is 0.357 e. The van der Waals surface area contributed by atoms with Crippen LogP contribution < -0.4 is 10.6 Å². The summed E-state index contributed by atoms with van der Waals surface area (Å²) in [4.78, 5) is 0. The summed E-state index contributed by atoms with van der Waals surface area (Å²) in [5, 5.41) is 6.84. The topological polar surface area (TPSA) is 29.0 Å². The molecule has 0 saturated carbocycles. The van der Waals surface area contributed by atoms with Crippen LogP contribution in [-0.4, -0.2) is 24.2 Å². The molecule has 12 heavy (non-hydrogen) atoms. The number of nitrogens with zero attached hydrogens (tertiary/aromatic N) is 1. The van der Waals surface area contributed by atoms with Crippen LogP contribution in [0.25, 0.3) is 0 Å². The monoisotopic (exact) mass is 165 g/mol. The van der Waals surface area contributed by atoms with Gasteiger partial charge in [0.25, 0.3) is 0 Å². The minimum Gasteiger partial charge on any atom is -0.357 e. The van der Waals surface area contributed by atoms with Gasteiger partial charge in [-0.05, 0) is 11.6 Å². The van der Waals surface area contributed by atoms with Crippen molar-refractivity contribution in [1.82, 2.24) is 15.2 Å². The molecule has 0 amide bonds. The lowest BCUT2D eigenvalue weighted by Gasteiger charge is -2.23. The van der Waals surface area contributed by atoms with Gasteiger partial charge in [-0.2, -0.15) is 0 Å². The van der Waals surface area contributed by atoms with Crippen molar-refractivity contribution in [2.75, 3.05) is 19.6 Å². The van der Waals surface area contributed by atoms with E-state index < -0.39 is 0 Å². The molecule has 1 aromatic rings. The Morgan fingerprint density at radius 3 is 3.00 bits per heavy atom. The molecule has 1 saturated heterocycles. The number of aryl methyl sites for hydroxylation is 1. The maximum Gasteiger partial charge on any atom is 0.0462 e. The Morgan fingerprint density at radius 1 is 1.50 bits per heavy atom. The molecule has 1 fully saturated rings. The third-order valence-corrected chi connectivity index (χ3v) is 2.30. The molecule has 2 N–H and O–H groups in total. The van der Waals surface area contributed by atoms with Gasteiger partial charge in [0.15, 0.2) is 0 Å². The Kier molecular flexibility index (Phi) is 2.15. The predicted molar refractivity (Wildman–Crippen MR) is 49.0 cm³/mol. The van der Waals surface area contributed by atoms with Crippen LogP contribution in [0.2, 0.25) is 0 Å². The second-order valence-corrected chi connectivity index (χ2v) is 3.32. The van der Waals surface area contributed by atoms with Gasteiger partial charge < -0.3 is 15.2 Å². The Hall–Kier alpha value is -0.800. The third-order valence-electron chi connectivity index (χ3n) is 2.30. The smallest absolute Gasteiger partial charge is 0.0462 e. The molecule has 1 atom stereocenters. The Morgan fingerprint density at radius 2 is 2.42 bits per heavy atom. The van der Waals surface area contributed by atoms with E-state index in [2.05, 4.69) is 40.7 Å². The fraction of sp³-hybridized carbons (Fsp3) is 0.556. The molecule has 0 aromatic carbocycles. The predicted octanol–water partition coefficient (Wildman–Crippen LogP) is 0.259. The van der Waals surface area contributed by atoms with E-state index >= 15 is 0 Å². The molecule has 2 rings (SSSR count). The van der Waals surface area contributed by atoms with Crippen LogP contribution in [0.15, 0.2) is 18.5 Å². The van der Waals surface area contributed by atoms with Gasteiger partial charge in [-0.15, -0.1) is 0 Å². The van der Waals surface area contributed by atoms with Crippen molar-refractivity contribution in [2.45, 2.75) is 6.04 Å². The van der Waals surface area contributed by atoms with E-state index in [1.165, 1.54) is 5.56 Å². The molecule has 2 heterocycles. The van der Waals surface area contributed by atoms with Crippen LogP contribution in [0.3, 0.4) is 0 Å². The molecular formula is C9H15N3. The number of hydrogen-bond acceptors (Lipinski definition) is 2. The van der Waals surface area contributed by atoms with Gasteiger partial charge in [-0.25, -0.2) is 0 Å². The summed E-state index contributed by atoms with van der Waals surface area (Å²) in [6, 6.07) is 2.67. The van der Waals surface area contributed by atoms with Crippen molar-refractivity contribution < 1.29 is 0 Å². The molecule has 1 aliphatic heterocycles. The molecule has 3 heteroatoms. The second-order valence-electron chi connectivity index (χ2n) is 3.32. The lowest BCUT2D eigenvalue weighted by atomic mass is 10.1. The summed E-state index contributed by atoms with van der Waals surface area (Å²) in [7, 11) is 2.06.